The number of rotatable bonds is 4. The van der Waals surface area contributed by atoms with E-state index in [1.165, 1.54) is 0 Å². The highest BCUT2D eigenvalue weighted by Gasteiger charge is 1.99. The van der Waals surface area contributed by atoms with Crippen LogP contribution >= 0.6 is 0 Å². The van der Waals surface area contributed by atoms with Gasteiger partial charge in [-0.15, -0.1) is 5.53 Å². The van der Waals surface area contributed by atoms with Crippen LogP contribution in [0, 0.1) is 0 Å². The summed E-state index contributed by atoms with van der Waals surface area (Å²) in [5.74, 6) is -0.466. The number of nitrogens with two attached hydrogens (primary N) is 1. The van der Waals surface area contributed by atoms with Crippen LogP contribution in [0.25, 0.3) is 0 Å². The Morgan fingerprint density at radius 1 is 1.78 bits per heavy atom. The normalized spacial score (nSPS) is 8.11. The van der Waals surface area contributed by atoms with Crippen LogP contribution in [0.3, 0.4) is 0 Å². The number of esters is 1. The molecular weight excluding hydrogens is 124 g/mol. The van der Waals surface area contributed by atoms with Gasteiger partial charge in [0.1, 0.15) is 0 Å². The molecule has 0 rings (SSSR count). The molecule has 9 heavy (non-hydrogen) atoms. The second kappa shape index (κ2) is 5.02. The molecule has 0 unspecified atom stereocenters. The van der Waals surface area contributed by atoms with E-state index in [1.807, 2.05) is 0 Å². The third kappa shape index (κ3) is 4.73. The summed E-state index contributed by atoms with van der Waals surface area (Å²) in [4.78, 5) is 14.5. The van der Waals surface area contributed by atoms with E-state index in [0.717, 1.165) is 0 Å². The molecule has 52 valence electrons. The van der Waals surface area contributed by atoms with E-state index in [2.05, 4.69) is 20.4 Å². The van der Waals surface area contributed by atoms with Crippen LogP contribution in [0.15, 0.2) is 5.28 Å². The molecule has 0 aliphatic heterocycles. The van der Waals surface area contributed by atoms with Gasteiger partial charge in [-0.3, -0.25) is 0 Å². The molecule has 0 fully saturated rings. The average Bonchev–Trinajstić information content (AvgIpc) is 1.85. The molecule has 5 heteroatoms. The molecule has 0 saturated carbocycles. The number of ether oxygens (including phenoxy) is 1. The number of carbonyl (C=O) groups is 1. The average molecular weight is 133 g/mol. The topological polar surface area (TPSA) is 73.5 Å². The van der Waals surface area contributed by atoms with E-state index >= 15 is 0 Å². The molecule has 0 bridgehead atoms. The van der Waals surface area contributed by atoms with E-state index in [1.54, 1.807) is 6.92 Å². The Balaban J connectivity index is 3.16. The molecular formula is C4H9N2O3+. The second-order valence-corrected chi connectivity index (χ2v) is 1.18. The number of hydrogen-bond acceptors (Lipinski definition) is 4. The molecule has 0 aromatic rings. The molecule has 0 aromatic carbocycles. The van der Waals surface area contributed by atoms with Crippen molar-refractivity contribution in [2.45, 2.75) is 6.92 Å². The van der Waals surface area contributed by atoms with Gasteiger partial charge >= 0.3 is 5.97 Å². The molecule has 0 radical (unpaired) electrons. The SMILES string of the molecule is CCOC(=O)CON=[NH2+]. The lowest BCUT2D eigenvalue weighted by molar-refractivity contribution is -0.291. The van der Waals surface area contributed by atoms with Crippen molar-refractivity contribution in [3.8, 4) is 0 Å². The van der Waals surface area contributed by atoms with Crippen molar-refractivity contribution < 1.29 is 19.9 Å². The minimum atomic E-state index is -0.466. The lowest BCUT2D eigenvalue weighted by atomic mass is 10.7. The van der Waals surface area contributed by atoms with Crippen LogP contribution in [0.5, 0.6) is 0 Å². The zero-order chi connectivity index (χ0) is 7.11. The monoisotopic (exact) mass is 133 g/mol. The predicted molar refractivity (Wildman–Crippen MR) is 26.9 cm³/mol. The number of nitrogens with zero attached hydrogens (tertiary/aromatic N) is 1. The molecule has 0 aliphatic rings. The minimum Gasteiger partial charge on any atom is -0.463 e. The fraction of sp³-hybridized carbons (Fsp3) is 0.750. The molecule has 0 aliphatic carbocycles. The van der Waals surface area contributed by atoms with Gasteiger partial charge in [0.25, 0.3) is 0 Å². The summed E-state index contributed by atoms with van der Waals surface area (Å²) in [7, 11) is 0. The summed E-state index contributed by atoms with van der Waals surface area (Å²) >= 11 is 0. The summed E-state index contributed by atoms with van der Waals surface area (Å²) in [6.45, 7) is 1.83. The molecule has 0 heterocycles. The lowest BCUT2D eigenvalue weighted by Crippen LogP contribution is -2.25. The summed E-state index contributed by atoms with van der Waals surface area (Å²) in [6.07, 6.45) is 0. The number of hydrogen-bond donors (Lipinski definition) is 1. The highest BCUT2D eigenvalue weighted by Crippen LogP contribution is 1.78. The summed E-state index contributed by atoms with van der Waals surface area (Å²) < 4.78 is 4.46. The quantitative estimate of drug-likeness (QED) is 0.294. The van der Waals surface area contributed by atoms with Gasteiger partial charge in [0.15, 0.2) is 5.28 Å². The van der Waals surface area contributed by atoms with Crippen LogP contribution in [0.4, 0.5) is 0 Å². The van der Waals surface area contributed by atoms with Gasteiger partial charge < -0.3 is 9.57 Å². The van der Waals surface area contributed by atoms with Gasteiger partial charge in [0, 0.05) is 0 Å². The zero-order valence-electron chi connectivity index (χ0n) is 5.16. The van der Waals surface area contributed by atoms with Gasteiger partial charge in [-0.05, 0) is 6.92 Å². The van der Waals surface area contributed by atoms with Crippen LogP contribution in [-0.4, -0.2) is 19.2 Å². The largest absolute Gasteiger partial charge is 0.463 e. The molecule has 5 nitrogen and oxygen atoms in total. The van der Waals surface area contributed by atoms with E-state index in [9.17, 15) is 4.79 Å². The predicted octanol–water partition coefficient (Wildman–Crippen LogP) is -1.31. The lowest BCUT2D eigenvalue weighted by Gasteiger charge is -1.95. The summed E-state index contributed by atoms with van der Waals surface area (Å²) in [6, 6.07) is 0. The van der Waals surface area contributed by atoms with Crippen LogP contribution in [0.1, 0.15) is 6.92 Å². The van der Waals surface area contributed by atoms with Gasteiger partial charge in [-0.2, -0.15) is 0 Å². The van der Waals surface area contributed by atoms with Gasteiger partial charge in [0.05, 0.1) is 6.61 Å². The minimum absolute atomic E-state index is 0.218. The first-order valence-electron chi connectivity index (χ1n) is 2.49. The van der Waals surface area contributed by atoms with E-state index in [-0.39, 0.29) is 6.61 Å². The Labute approximate surface area is 52.4 Å². The van der Waals surface area contributed by atoms with Crippen molar-refractivity contribution in [3.63, 3.8) is 0 Å². The van der Waals surface area contributed by atoms with Crippen molar-refractivity contribution in [2.24, 2.45) is 5.28 Å². The Kier molecular flexibility index (Phi) is 4.39. The maximum Gasteiger partial charge on any atom is 0.347 e. The van der Waals surface area contributed by atoms with Crippen LogP contribution in [0.2, 0.25) is 0 Å². The Morgan fingerprint density at radius 2 is 2.44 bits per heavy atom. The Bertz CT molecular complexity index is 104. The van der Waals surface area contributed by atoms with E-state index in [4.69, 9.17) is 0 Å². The van der Waals surface area contributed by atoms with Crippen molar-refractivity contribution in [1.82, 2.24) is 0 Å². The Morgan fingerprint density at radius 3 is 2.89 bits per heavy atom. The standard InChI is InChI=1S/C4H8N2O3/c1-2-8-4(7)3-9-6-5/h5H,2-3H2,1H3/p+1. The van der Waals surface area contributed by atoms with Gasteiger partial charge in [0.2, 0.25) is 6.61 Å². The van der Waals surface area contributed by atoms with Crippen LogP contribution < -0.4 is 5.53 Å². The molecule has 0 aromatic heterocycles. The van der Waals surface area contributed by atoms with Crippen molar-refractivity contribution in [3.05, 3.63) is 0 Å². The van der Waals surface area contributed by atoms with Crippen molar-refractivity contribution in [1.29, 1.82) is 0 Å². The fourth-order valence-corrected chi connectivity index (χ4v) is 0.293. The first-order chi connectivity index (χ1) is 4.31. The first-order valence-corrected chi connectivity index (χ1v) is 2.49. The molecule has 0 atom stereocenters. The highest BCUT2D eigenvalue weighted by atomic mass is 16.7. The molecule has 0 amide bonds. The number of carbonyl (C=O) groups excluding carboxylic acids is 1. The summed E-state index contributed by atoms with van der Waals surface area (Å²) in [5, 5.41) is 2.76. The van der Waals surface area contributed by atoms with E-state index < -0.39 is 5.97 Å². The molecule has 2 N–H and O–H groups in total. The molecule has 0 spiro atoms. The zero-order valence-corrected chi connectivity index (χ0v) is 5.16. The first kappa shape index (κ1) is 7.87. The third-order valence-corrected chi connectivity index (χ3v) is 0.562. The summed E-state index contributed by atoms with van der Waals surface area (Å²) in [5.41, 5.74) is 4.57. The highest BCUT2D eigenvalue weighted by molar-refractivity contribution is 5.70. The molecule has 0 saturated heterocycles. The van der Waals surface area contributed by atoms with Crippen molar-refractivity contribution >= 4 is 5.97 Å². The van der Waals surface area contributed by atoms with Gasteiger partial charge in [-0.25, -0.2) is 4.79 Å². The maximum absolute atomic E-state index is 10.3. The van der Waals surface area contributed by atoms with E-state index in [0.29, 0.717) is 6.61 Å². The van der Waals surface area contributed by atoms with Gasteiger partial charge in [-0.1, -0.05) is 0 Å². The Hall–Kier alpha value is -1.13. The smallest absolute Gasteiger partial charge is 0.347 e. The maximum atomic E-state index is 10.3. The van der Waals surface area contributed by atoms with Crippen molar-refractivity contribution in [2.75, 3.05) is 13.2 Å². The van der Waals surface area contributed by atoms with Crippen LogP contribution in [-0.2, 0) is 14.4 Å². The third-order valence-electron chi connectivity index (χ3n) is 0.562. The fourth-order valence-electron chi connectivity index (χ4n) is 0.293. The second-order valence-electron chi connectivity index (χ2n) is 1.18.